The van der Waals surface area contributed by atoms with Crippen molar-refractivity contribution in [3.05, 3.63) is 41.2 Å². The average molecular weight is 218 g/mol. The van der Waals surface area contributed by atoms with E-state index in [1.807, 2.05) is 19.2 Å². The molecule has 0 saturated carbocycles. The quantitative estimate of drug-likeness (QED) is 0.783. The molecule has 0 amide bonds. The van der Waals surface area contributed by atoms with Gasteiger partial charge in [-0.3, -0.25) is 4.98 Å². The van der Waals surface area contributed by atoms with Gasteiger partial charge < -0.3 is 10.1 Å². The average Bonchev–Trinajstić information content (AvgIpc) is 2.33. The molecule has 0 fully saturated rings. The predicted octanol–water partition coefficient (Wildman–Crippen LogP) is 1.83. The normalized spacial score (nSPS) is 15.9. The van der Waals surface area contributed by atoms with E-state index in [4.69, 9.17) is 4.74 Å². The maximum absolute atomic E-state index is 5.38. The standard InChI is InChI=1S/C13H18N2O/c1-11-4-5-12(9-15-11)7-14-8-13-3-2-6-16-10-13/h3-5,9,14H,2,6-8,10H2,1H3. The molecule has 2 heterocycles. The van der Waals surface area contributed by atoms with Crippen LogP contribution in [0.4, 0.5) is 0 Å². The van der Waals surface area contributed by atoms with Crippen molar-refractivity contribution in [3.63, 3.8) is 0 Å². The number of nitrogens with one attached hydrogen (secondary N) is 1. The Balaban J connectivity index is 1.75. The van der Waals surface area contributed by atoms with Crippen LogP contribution in [-0.4, -0.2) is 24.7 Å². The summed E-state index contributed by atoms with van der Waals surface area (Å²) in [6, 6.07) is 4.15. The molecule has 0 spiro atoms. The molecule has 0 radical (unpaired) electrons. The molecule has 1 aromatic rings. The summed E-state index contributed by atoms with van der Waals surface area (Å²) in [4.78, 5) is 4.27. The van der Waals surface area contributed by atoms with Crippen molar-refractivity contribution in [2.45, 2.75) is 19.9 Å². The molecule has 0 saturated heterocycles. The van der Waals surface area contributed by atoms with E-state index in [1.54, 1.807) is 0 Å². The van der Waals surface area contributed by atoms with Gasteiger partial charge in [0.2, 0.25) is 0 Å². The Morgan fingerprint density at radius 3 is 3.00 bits per heavy atom. The van der Waals surface area contributed by atoms with Crippen molar-refractivity contribution < 1.29 is 4.74 Å². The predicted molar refractivity (Wildman–Crippen MR) is 64.2 cm³/mol. The third-order valence-electron chi connectivity index (χ3n) is 2.64. The SMILES string of the molecule is Cc1ccc(CNCC2=CCCOC2)cn1. The van der Waals surface area contributed by atoms with Gasteiger partial charge in [-0.05, 0) is 30.5 Å². The summed E-state index contributed by atoms with van der Waals surface area (Å²) in [6.45, 7) is 5.42. The van der Waals surface area contributed by atoms with E-state index in [0.29, 0.717) is 0 Å². The zero-order valence-electron chi connectivity index (χ0n) is 9.70. The van der Waals surface area contributed by atoms with Gasteiger partial charge in [-0.25, -0.2) is 0 Å². The molecular formula is C13H18N2O. The van der Waals surface area contributed by atoms with Crippen LogP contribution in [0, 0.1) is 6.92 Å². The zero-order chi connectivity index (χ0) is 11.2. The Morgan fingerprint density at radius 1 is 1.38 bits per heavy atom. The molecule has 1 aliphatic rings. The number of nitrogens with zero attached hydrogens (tertiary/aromatic N) is 1. The maximum atomic E-state index is 5.38. The highest BCUT2D eigenvalue weighted by Gasteiger charge is 2.02. The lowest BCUT2D eigenvalue weighted by Gasteiger charge is -2.14. The van der Waals surface area contributed by atoms with E-state index in [0.717, 1.165) is 38.4 Å². The number of pyridine rings is 1. The second-order valence-corrected chi connectivity index (χ2v) is 4.12. The Labute approximate surface area is 96.5 Å². The highest BCUT2D eigenvalue weighted by molar-refractivity contribution is 5.13. The number of rotatable bonds is 4. The maximum Gasteiger partial charge on any atom is 0.0689 e. The molecule has 16 heavy (non-hydrogen) atoms. The first-order valence-electron chi connectivity index (χ1n) is 5.72. The van der Waals surface area contributed by atoms with E-state index in [2.05, 4.69) is 22.4 Å². The van der Waals surface area contributed by atoms with Gasteiger partial charge in [0.05, 0.1) is 13.2 Å². The fourth-order valence-electron chi connectivity index (χ4n) is 1.70. The summed E-state index contributed by atoms with van der Waals surface area (Å²) in [5, 5.41) is 3.40. The second kappa shape index (κ2) is 5.77. The molecule has 0 aliphatic carbocycles. The molecule has 3 nitrogen and oxygen atoms in total. The van der Waals surface area contributed by atoms with Gasteiger partial charge in [0.1, 0.15) is 0 Å². The molecular weight excluding hydrogens is 200 g/mol. The van der Waals surface area contributed by atoms with Crippen molar-refractivity contribution in [3.8, 4) is 0 Å². The minimum Gasteiger partial charge on any atom is -0.377 e. The van der Waals surface area contributed by atoms with Gasteiger partial charge in [-0.15, -0.1) is 0 Å². The van der Waals surface area contributed by atoms with Gasteiger partial charge in [-0.1, -0.05) is 12.1 Å². The molecule has 1 N–H and O–H groups in total. The van der Waals surface area contributed by atoms with Crippen molar-refractivity contribution in [2.24, 2.45) is 0 Å². The Hall–Kier alpha value is -1.19. The number of aromatic nitrogens is 1. The van der Waals surface area contributed by atoms with Crippen LogP contribution in [0.3, 0.4) is 0 Å². The van der Waals surface area contributed by atoms with Crippen LogP contribution >= 0.6 is 0 Å². The summed E-state index contributed by atoms with van der Waals surface area (Å²) in [6.07, 6.45) is 5.24. The van der Waals surface area contributed by atoms with Crippen LogP contribution < -0.4 is 5.32 Å². The summed E-state index contributed by atoms with van der Waals surface area (Å²) >= 11 is 0. The van der Waals surface area contributed by atoms with Crippen molar-refractivity contribution in [2.75, 3.05) is 19.8 Å². The first kappa shape index (κ1) is 11.3. The lowest BCUT2D eigenvalue weighted by atomic mass is 10.2. The third kappa shape index (κ3) is 3.43. The van der Waals surface area contributed by atoms with E-state index >= 15 is 0 Å². The largest absolute Gasteiger partial charge is 0.377 e. The van der Waals surface area contributed by atoms with Gasteiger partial charge in [0.15, 0.2) is 0 Å². The van der Waals surface area contributed by atoms with Gasteiger partial charge in [0.25, 0.3) is 0 Å². The van der Waals surface area contributed by atoms with Crippen LogP contribution in [0.1, 0.15) is 17.7 Å². The minimum atomic E-state index is 0.777. The molecule has 86 valence electrons. The van der Waals surface area contributed by atoms with Crippen LogP contribution in [0.5, 0.6) is 0 Å². The van der Waals surface area contributed by atoms with Crippen LogP contribution in [0.2, 0.25) is 0 Å². The summed E-state index contributed by atoms with van der Waals surface area (Å²) < 4.78 is 5.38. The molecule has 0 unspecified atom stereocenters. The molecule has 0 bridgehead atoms. The monoisotopic (exact) mass is 218 g/mol. The fourth-order valence-corrected chi connectivity index (χ4v) is 1.70. The molecule has 0 aromatic carbocycles. The first-order valence-corrected chi connectivity index (χ1v) is 5.72. The lowest BCUT2D eigenvalue weighted by Crippen LogP contribution is -2.21. The molecule has 3 heteroatoms. The Bertz CT molecular complexity index is 357. The number of ether oxygens (including phenoxy) is 1. The third-order valence-corrected chi connectivity index (χ3v) is 2.64. The fraction of sp³-hybridized carbons (Fsp3) is 0.462. The van der Waals surface area contributed by atoms with Crippen LogP contribution in [0.25, 0.3) is 0 Å². The van der Waals surface area contributed by atoms with Crippen LogP contribution in [-0.2, 0) is 11.3 Å². The highest BCUT2D eigenvalue weighted by atomic mass is 16.5. The first-order chi connectivity index (χ1) is 7.84. The number of aryl methyl sites for hydroxylation is 1. The smallest absolute Gasteiger partial charge is 0.0689 e. The van der Waals surface area contributed by atoms with E-state index < -0.39 is 0 Å². The van der Waals surface area contributed by atoms with E-state index in [9.17, 15) is 0 Å². The van der Waals surface area contributed by atoms with Crippen molar-refractivity contribution in [1.82, 2.24) is 10.3 Å². The molecule has 2 rings (SSSR count). The second-order valence-electron chi connectivity index (χ2n) is 4.12. The number of hydrogen-bond donors (Lipinski definition) is 1. The van der Waals surface area contributed by atoms with Gasteiger partial charge in [0, 0.05) is 25.0 Å². The van der Waals surface area contributed by atoms with Crippen molar-refractivity contribution in [1.29, 1.82) is 0 Å². The lowest BCUT2D eigenvalue weighted by molar-refractivity contribution is 0.149. The van der Waals surface area contributed by atoms with Crippen LogP contribution in [0.15, 0.2) is 30.0 Å². The van der Waals surface area contributed by atoms with E-state index in [-0.39, 0.29) is 0 Å². The summed E-state index contributed by atoms with van der Waals surface area (Å²) in [5.74, 6) is 0. The minimum absolute atomic E-state index is 0.777. The molecule has 0 atom stereocenters. The topological polar surface area (TPSA) is 34.1 Å². The Morgan fingerprint density at radius 2 is 2.31 bits per heavy atom. The van der Waals surface area contributed by atoms with Crippen molar-refractivity contribution >= 4 is 0 Å². The number of hydrogen-bond acceptors (Lipinski definition) is 3. The molecule has 1 aromatic heterocycles. The van der Waals surface area contributed by atoms with Gasteiger partial charge >= 0.3 is 0 Å². The Kier molecular flexibility index (Phi) is 4.08. The summed E-state index contributed by atoms with van der Waals surface area (Å²) in [7, 11) is 0. The summed E-state index contributed by atoms with van der Waals surface area (Å²) in [5.41, 5.74) is 3.64. The van der Waals surface area contributed by atoms with Gasteiger partial charge in [-0.2, -0.15) is 0 Å². The zero-order valence-corrected chi connectivity index (χ0v) is 9.70. The highest BCUT2D eigenvalue weighted by Crippen LogP contribution is 2.04. The molecule has 1 aliphatic heterocycles. The van der Waals surface area contributed by atoms with E-state index in [1.165, 1.54) is 11.1 Å².